The van der Waals surface area contributed by atoms with Gasteiger partial charge in [-0.25, -0.2) is 0 Å². The van der Waals surface area contributed by atoms with Crippen LogP contribution in [0.1, 0.15) is 36.2 Å². The molecule has 0 saturated carbocycles. The minimum atomic E-state index is -4.42. The molecular formula is C23H21F3N4O. The number of rotatable bonds is 4. The molecule has 0 fully saturated rings. The van der Waals surface area contributed by atoms with Crippen molar-refractivity contribution in [3.63, 3.8) is 0 Å². The summed E-state index contributed by atoms with van der Waals surface area (Å²) in [5.74, 6) is 1.31. The molecule has 5 nitrogen and oxygen atoms in total. The molecule has 0 aliphatic carbocycles. The number of halogens is 3. The highest BCUT2D eigenvalue weighted by molar-refractivity contribution is 6.02. The molecular weight excluding hydrogens is 405 g/mol. The van der Waals surface area contributed by atoms with Gasteiger partial charge < -0.3 is 9.88 Å². The normalized spacial score (nSPS) is 14.3. The van der Waals surface area contributed by atoms with Crippen molar-refractivity contribution in [2.45, 2.75) is 38.4 Å². The lowest BCUT2D eigenvalue weighted by Crippen LogP contribution is -2.08. The summed E-state index contributed by atoms with van der Waals surface area (Å²) in [6.45, 7) is 0.869. The van der Waals surface area contributed by atoms with Crippen molar-refractivity contribution in [1.29, 1.82) is 0 Å². The number of carbonyl (C=O) groups is 1. The van der Waals surface area contributed by atoms with Crippen LogP contribution in [-0.4, -0.2) is 20.7 Å². The van der Waals surface area contributed by atoms with E-state index in [1.54, 1.807) is 6.07 Å². The van der Waals surface area contributed by atoms with E-state index < -0.39 is 17.6 Å². The van der Waals surface area contributed by atoms with Gasteiger partial charge in [-0.15, -0.1) is 10.2 Å². The van der Waals surface area contributed by atoms with Crippen molar-refractivity contribution >= 4 is 17.7 Å². The molecule has 0 radical (unpaired) electrons. The van der Waals surface area contributed by atoms with Gasteiger partial charge in [-0.05, 0) is 48.7 Å². The van der Waals surface area contributed by atoms with E-state index in [4.69, 9.17) is 0 Å². The molecule has 1 aliphatic rings. The van der Waals surface area contributed by atoms with E-state index in [1.807, 2.05) is 18.2 Å². The number of aromatic nitrogens is 3. The van der Waals surface area contributed by atoms with E-state index >= 15 is 0 Å². The zero-order valence-electron chi connectivity index (χ0n) is 16.7. The number of carbonyl (C=O) groups excluding carboxylic acids is 1. The van der Waals surface area contributed by atoms with E-state index in [1.165, 1.54) is 24.3 Å². The van der Waals surface area contributed by atoms with Gasteiger partial charge >= 0.3 is 6.18 Å². The maximum Gasteiger partial charge on any atom is 0.416 e. The molecule has 3 aromatic rings. The summed E-state index contributed by atoms with van der Waals surface area (Å²) in [5.41, 5.74) is 0.961. The van der Waals surface area contributed by atoms with Gasteiger partial charge in [-0.1, -0.05) is 30.7 Å². The zero-order valence-corrected chi connectivity index (χ0v) is 16.7. The molecule has 8 heteroatoms. The molecule has 1 aromatic heterocycles. The predicted molar refractivity (Wildman–Crippen MR) is 112 cm³/mol. The van der Waals surface area contributed by atoms with E-state index in [0.717, 1.165) is 61.6 Å². The lowest BCUT2D eigenvalue weighted by Gasteiger charge is -2.09. The molecule has 2 aromatic carbocycles. The van der Waals surface area contributed by atoms with Crippen LogP contribution in [0, 0.1) is 0 Å². The Balaban J connectivity index is 1.48. The van der Waals surface area contributed by atoms with Crippen molar-refractivity contribution < 1.29 is 18.0 Å². The minimum absolute atomic E-state index is 0.296. The second kappa shape index (κ2) is 8.75. The first kappa shape index (κ1) is 20.8. The van der Waals surface area contributed by atoms with Gasteiger partial charge in [0, 0.05) is 30.3 Å². The lowest BCUT2D eigenvalue weighted by molar-refractivity contribution is -0.137. The highest BCUT2D eigenvalue weighted by Crippen LogP contribution is 2.30. The van der Waals surface area contributed by atoms with Crippen LogP contribution in [-0.2, 0) is 23.9 Å². The van der Waals surface area contributed by atoms with Gasteiger partial charge in [-0.2, -0.15) is 13.2 Å². The van der Waals surface area contributed by atoms with Crippen LogP contribution in [0.3, 0.4) is 0 Å². The molecule has 4 rings (SSSR count). The van der Waals surface area contributed by atoms with Crippen molar-refractivity contribution in [3.05, 3.63) is 71.6 Å². The Morgan fingerprint density at radius 1 is 1.03 bits per heavy atom. The fraction of sp³-hybridized carbons (Fsp3) is 0.261. The van der Waals surface area contributed by atoms with E-state index in [2.05, 4.69) is 20.1 Å². The van der Waals surface area contributed by atoms with Gasteiger partial charge in [0.25, 0.3) is 0 Å². The quantitative estimate of drug-likeness (QED) is 0.573. The SMILES string of the molecule is O=C(C=Cc1cccc(C(F)(F)F)c1)Nc1cccc(-c2nnc3n2CCCCC3)c1. The maximum absolute atomic E-state index is 12.8. The Morgan fingerprint density at radius 2 is 1.87 bits per heavy atom. The third-order valence-corrected chi connectivity index (χ3v) is 5.14. The second-order valence-corrected chi connectivity index (χ2v) is 7.43. The van der Waals surface area contributed by atoms with Crippen LogP contribution in [0.25, 0.3) is 17.5 Å². The number of amides is 1. The monoisotopic (exact) mass is 426 g/mol. The van der Waals surface area contributed by atoms with Crippen LogP contribution in [0.15, 0.2) is 54.6 Å². The van der Waals surface area contributed by atoms with Gasteiger partial charge in [0.2, 0.25) is 5.91 Å². The van der Waals surface area contributed by atoms with E-state index in [0.29, 0.717) is 11.3 Å². The zero-order chi connectivity index (χ0) is 21.8. The Bertz CT molecular complexity index is 1120. The van der Waals surface area contributed by atoms with Crippen molar-refractivity contribution in [2.24, 2.45) is 0 Å². The topological polar surface area (TPSA) is 59.8 Å². The average Bonchev–Trinajstić information content (AvgIpc) is 3.00. The number of fused-ring (bicyclic) bond motifs is 1. The minimum Gasteiger partial charge on any atom is -0.322 e. The van der Waals surface area contributed by atoms with Gasteiger partial charge in [0.05, 0.1) is 5.56 Å². The standard InChI is InChI=1S/C23H21F3N4O/c24-23(25,26)18-8-4-6-16(14-18)11-12-21(31)27-19-9-5-7-17(15-19)22-29-28-20-10-2-1-3-13-30(20)22/h4-9,11-12,14-15H,1-3,10,13H2,(H,27,31). The second-order valence-electron chi connectivity index (χ2n) is 7.43. The first-order chi connectivity index (χ1) is 14.9. The number of hydrogen-bond donors (Lipinski definition) is 1. The summed E-state index contributed by atoms with van der Waals surface area (Å²) >= 11 is 0. The number of nitrogens with zero attached hydrogens (tertiary/aromatic N) is 3. The predicted octanol–water partition coefficient (Wildman–Crippen LogP) is 5.34. The van der Waals surface area contributed by atoms with Gasteiger partial charge in [0.15, 0.2) is 5.82 Å². The average molecular weight is 426 g/mol. The summed E-state index contributed by atoms with van der Waals surface area (Å²) < 4.78 is 40.6. The smallest absolute Gasteiger partial charge is 0.322 e. The lowest BCUT2D eigenvalue weighted by atomic mass is 10.1. The number of aryl methyl sites for hydroxylation is 1. The van der Waals surface area contributed by atoms with Crippen LogP contribution in [0.5, 0.6) is 0 Å². The third-order valence-electron chi connectivity index (χ3n) is 5.14. The van der Waals surface area contributed by atoms with Crippen molar-refractivity contribution in [3.8, 4) is 11.4 Å². The van der Waals surface area contributed by atoms with Crippen molar-refractivity contribution in [2.75, 3.05) is 5.32 Å². The third kappa shape index (κ3) is 5.02. The summed E-state index contributed by atoms with van der Waals surface area (Å²) in [4.78, 5) is 12.3. The molecule has 0 spiro atoms. The fourth-order valence-corrected chi connectivity index (χ4v) is 3.61. The van der Waals surface area contributed by atoms with Crippen LogP contribution in [0.2, 0.25) is 0 Å². The summed E-state index contributed by atoms with van der Waals surface area (Å²) in [5, 5.41) is 11.4. The molecule has 0 unspecified atom stereocenters. The molecule has 0 bridgehead atoms. The Hall–Kier alpha value is -3.42. The summed E-state index contributed by atoms with van der Waals surface area (Å²) in [6.07, 6.45) is 2.40. The molecule has 31 heavy (non-hydrogen) atoms. The number of nitrogens with one attached hydrogen (secondary N) is 1. The molecule has 1 N–H and O–H groups in total. The number of benzene rings is 2. The Kier molecular flexibility index (Phi) is 5.88. The van der Waals surface area contributed by atoms with Crippen LogP contribution in [0.4, 0.5) is 18.9 Å². The van der Waals surface area contributed by atoms with E-state index in [-0.39, 0.29) is 0 Å². The molecule has 1 amide bonds. The Labute approximate surface area is 177 Å². The van der Waals surface area contributed by atoms with Gasteiger partial charge in [-0.3, -0.25) is 4.79 Å². The summed E-state index contributed by atoms with van der Waals surface area (Å²) in [6, 6.07) is 12.1. The molecule has 1 aliphatic heterocycles. The summed E-state index contributed by atoms with van der Waals surface area (Å²) in [7, 11) is 0. The number of anilines is 1. The number of hydrogen-bond acceptors (Lipinski definition) is 3. The molecule has 2 heterocycles. The van der Waals surface area contributed by atoms with Gasteiger partial charge in [0.1, 0.15) is 5.82 Å². The Morgan fingerprint density at radius 3 is 2.71 bits per heavy atom. The molecule has 160 valence electrons. The maximum atomic E-state index is 12.8. The fourth-order valence-electron chi connectivity index (χ4n) is 3.61. The first-order valence-electron chi connectivity index (χ1n) is 10.1. The molecule has 0 saturated heterocycles. The largest absolute Gasteiger partial charge is 0.416 e. The first-order valence-corrected chi connectivity index (χ1v) is 10.1. The van der Waals surface area contributed by atoms with Crippen LogP contribution >= 0.6 is 0 Å². The number of alkyl halides is 3. The molecule has 0 atom stereocenters. The van der Waals surface area contributed by atoms with Crippen LogP contribution < -0.4 is 5.32 Å². The highest BCUT2D eigenvalue weighted by Gasteiger charge is 2.30. The van der Waals surface area contributed by atoms with E-state index in [9.17, 15) is 18.0 Å². The van der Waals surface area contributed by atoms with Crippen molar-refractivity contribution in [1.82, 2.24) is 14.8 Å². The highest BCUT2D eigenvalue weighted by atomic mass is 19.4.